The summed E-state index contributed by atoms with van der Waals surface area (Å²) in [6.07, 6.45) is 0. The van der Waals surface area contributed by atoms with Gasteiger partial charge in [0.25, 0.3) is 10.0 Å². The Kier molecular flexibility index (Phi) is 4.42. The van der Waals surface area contributed by atoms with Gasteiger partial charge in [-0.05, 0) is 37.7 Å². The van der Waals surface area contributed by atoms with Gasteiger partial charge in [-0.25, -0.2) is 12.8 Å². The molecule has 1 aromatic carbocycles. The van der Waals surface area contributed by atoms with Crippen molar-refractivity contribution in [3.05, 3.63) is 45.9 Å². The van der Waals surface area contributed by atoms with Gasteiger partial charge in [0, 0.05) is 16.8 Å². The second-order valence-electron chi connectivity index (χ2n) is 4.37. The van der Waals surface area contributed by atoms with Crippen LogP contribution < -0.4 is 10.0 Å². The van der Waals surface area contributed by atoms with Crippen molar-refractivity contribution in [2.24, 2.45) is 0 Å². The average molecular weight is 314 g/mol. The highest BCUT2D eigenvalue weighted by molar-refractivity contribution is 7.92. The van der Waals surface area contributed by atoms with Crippen molar-refractivity contribution in [2.75, 3.05) is 11.8 Å². The molecule has 0 amide bonds. The average Bonchev–Trinajstić information content (AvgIpc) is 2.83. The third-order valence-corrected chi connectivity index (χ3v) is 5.09. The summed E-state index contributed by atoms with van der Waals surface area (Å²) in [5.41, 5.74) is 0.747. The molecule has 0 aliphatic rings. The Morgan fingerprint density at radius 1 is 1.30 bits per heavy atom. The molecule has 20 heavy (non-hydrogen) atoms. The summed E-state index contributed by atoms with van der Waals surface area (Å²) in [6, 6.07) is 5.88. The van der Waals surface area contributed by atoms with Crippen LogP contribution in [0.5, 0.6) is 0 Å². The Bertz CT molecular complexity index is 711. The second-order valence-corrected chi connectivity index (χ2v) is 7.05. The van der Waals surface area contributed by atoms with E-state index in [1.165, 1.54) is 23.5 Å². The first-order chi connectivity index (χ1) is 9.42. The van der Waals surface area contributed by atoms with Gasteiger partial charge in [-0.15, -0.1) is 11.3 Å². The molecule has 7 heteroatoms. The molecule has 0 aliphatic carbocycles. The molecule has 0 saturated carbocycles. The summed E-state index contributed by atoms with van der Waals surface area (Å²) < 4.78 is 40.3. The van der Waals surface area contributed by atoms with Crippen LogP contribution in [0, 0.1) is 12.7 Å². The SMILES string of the molecule is CNCc1cc(S(=O)(=O)Nc2cc(C)ccc2F)cs1. The molecular formula is C13H15FN2O2S2. The minimum Gasteiger partial charge on any atom is -0.315 e. The number of benzene rings is 1. The summed E-state index contributed by atoms with van der Waals surface area (Å²) in [4.78, 5) is 1.05. The molecule has 0 saturated heterocycles. The third-order valence-electron chi connectivity index (χ3n) is 2.66. The second kappa shape index (κ2) is 5.90. The van der Waals surface area contributed by atoms with Crippen LogP contribution in [0.3, 0.4) is 0 Å². The standard InChI is InChI=1S/C13H15FN2O2S2/c1-9-3-4-12(14)13(5-9)16-20(17,18)11-6-10(7-15-2)19-8-11/h3-6,8,15-16H,7H2,1-2H3. The fourth-order valence-electron chi connectivity index (χ4n) is 1.69. The number of hydrogen-bond acceptors (Lipinski definition) is 4. The summed E-state index contributed by atoms with van der Waals surface area (Å²) in [5.74, 6) is -0.593. The minimum atomic E-state index is -3.76. The lowest BCUT2D eigenvalue weighted by Gasteiger charge is -2.08. The van der Waals surface area contributed by atoms with Gasteiger partial charge in [0.15, 0.2) is 0 Å². The van der Waals surface area contributed by atoms with E-state index in [1.54, 1.807) is 31.5 Å². The fraction of sp³-hybridized carbons (Fsp3) is 0.231. The molecule has 1 heterocycles. The Balaban J connectivity index is 2.28. The molecule has 0 aliphatic heterocycles. The first-order valence-electron chi connectivity index (χ1n) is 5.93. The number of aryl methyl sites for hydroxylation is 1. The van der Waals surface area contributed by atoms with Crippen LogP contribution in [0.4, 0.5) is 10.1 Å². The van der Waals surface area contributed by atoms with E-state index in [0.717, 1.165) is 10.4 Å². The smallest absolute Gasteiger partial charge is 0.262 e. The number of thiophene rings is 1. The van der Waals surface area contributed by atoms with E-state index < -0.39 is 15.8 Å². The fourth-order valence-corrected chi connectivity index (χ4v) is 4.03. The molecule has 0 unspecified atom stereocenters. The van der Waals surface area contributed by atoms with Crippen molar-refractivity contribution < 1.29 is 12.8 Å². The zero-order valence-corrected chi connectivity index (χ0v) is 12.7. The topological polar surface area (TPSA) is 58.2 Å². The van der Waals surface area contributed by atoms with Crippen molar-refractivity contribution in [1.82, 2.24) is 5.32 Å². The van der Waals surface area contributed by atoms with Crippen LogP contribution in [0.1, 0.15) is 10.4 Å². The lowest BCUT2D eigenvalue weighted by molar-refractivity contribution is 0.598. The minimum absolute atomic E-state index is 0.0358. The normalized spacial score (nSPS) is 11.6. The van der Waals surface area contributed by atoms with Gasteiger partial charge >= 0.3 is 0 Å². The maximum Gasteiger partial charge on any atom is 0.262 e. The molecule has 0 spiro atoms. The highest BCUT2D eigenvalue weighted by Gasteiger charge is 2.18. The number of nitrogens with one attached hydrogen (secondary N) is 2. The molecule has 0 radical (unpaired) electrons. The molecular weight excluding hydrogens is 299 g/mol. The van der Waals surface area contributed by atoms with Crippen molar-refractivity contribution in [3.63, 3.8) is 0 Å². The Morgan fingerprint density at radius 2 is 2.05 bits per heavy atom. The maximum absolute atomic E-state index is 13.6. The molecule has 0 fully saturated rings. The van der Waals surface area contributed by atoms with E-state index >= 15 is 0 Å². The Labute approximate surface area is 121 Å². The molecule has 2 N–H and O–H groups in total. The molecule has 4 nitrogen and oxygen atoms in total. The van der Waals surface area contributed by atoms with Gasteiger partial charge in [-0.1, -0.05) is 6.07 Å². The number of hydrogen-bond donors (Lipinski definition) is 2. The lowest BCUT2D eigenvalue weighted by Crippen LogP contribution is -2.13. The van der Waals surface area contributed by atoms with Crippen molar-refractivity contribution in [1.29, 1.82) is 0 Å². The third kappa shape index (κ3) is 3.36. The molecule has 1 aromatic heterocycles. The Morgan fingerprint density at radius 3 is 2.75 bits per heavy atom. The number of halogens is 1. The Hall–Kier alpha value is -1.44. The summed E-state index contributed by atoms with van der Waals surface area (Å²) >= 11 is 1.34. The molecule has 0 bridgehead atoms. The van der Waals surface area contributed by atoms with Crippen LogP contribution in [-0.4, -0.2) is 15.5 Å². The van der Waals surface area contributed by atoms with E-state index in [-0.39, 0.29) is 10.6 Å². The monoisotopic (exact) mass is 314 g/mol. The van der Waals surface area contributed by atoms with Crippen LogP contribution in [0.2, 0.25) is 0 Å². The largest absolute Gasteiger partial charge is 0.315 e. The molecule has 2 rings (SSSR count). The van der Waals surface area contributed by atoms with Crippen molar-refractivity contribution in [2.45, 2.75) is 18.4 Å². The van der Waals surface area contributed by atoms with E-state index in [2.05, 4.69) is 10.0 Å². The zero-order chi connectivity index (χ0) is 14.8. The van der Waals surface area contributed by atoms with E-state index in [0.29, 0.717) is 6.54 Å². The van der Waals surface area contributed by atoms with Crippen LogP contribution in [0.25, 0.3) is 0 Å². The van der Waals surface area contributed by atoms with Crippen LogP contribution in [-0.2, 0) is 16.6 Å². The predicted octanol–water partition coefficient (Wildman–Crippen LogP) is 2.72. The quantitative estimate of drug-likeness (QED) is 0.892. The van der Waals surface area contributed by atoms with Crippen molar-refractivity contribution >= 4 is 27.0 Å². The summed E-state index contributed by atoms with van der Waals surface area (Å²) in [5, 5.41) is 4.49. The van der Waals surface area contributed by atoms with Crippen molar-refractivity contribution in [3.8, 4) is 0 Å². The molecule has 0 atom stereocenters. The van der Waals surface area contributed by atoms with Gasteiger partial charge in [0.05, 0.1) is 10.6 Å². The first-order valence-corrected chi connectivity index (χ1v) is 8.29. The van der Waals surface area contributed by atoms with Crippen LogP contribution >= 0.6 is 11.3 Å². The highest BCUT2D eigenvalue weighted by atomic mass is 32.2. The van der Waals surface area contributed by atoms with Crippen LogP contribution in [0.15, 0.2) is 34.5 Å². The number of anilines is 1. The van der Waals surface area contributed by atoms with Gasteiger partial charge < -0.3 is 5.32 Å². The van der Waals surface area contributed by atoms with E-state index in [4.69, 9.17) is 0 Å². The zero-order valence-electron chi connectivity index (χ0n) is 11.1. The van der Waals surface area contributed by atoms with E-state index in [1.807, 2.05) is 0 Å². The number of sulfonamides is 1. The molecule has 2 aromatic rings. The van der Waals surface area contributed by atoms with Gasteiger partial charge in [-0.2, -0.15) is 0 Å². The van der Waals surface area contributed by atoms with Gasteiger partial charge in [0.1, 0.15) is 5.82 Å². The first kappa shape index (κ1) is 15.0. The summed E-state index contributed by atoms with van der Waals surface area (Å²) in [6.45, 7) is 2.37. The lowest BCUT2D eigenvalue weighted by atomic mass is 10.2. The summed E-state index contributed by atoms with van der Waals surface area (Å²) in [7, 11) is -1.97. The van der Waals surface area contributed by atoms with E-state index in [9.17, 15) is 12.8 Å². The van der Waals surface area contributed by atoms with Gasteiger partial charge in [-0.3, -0.25) is 4.72 Å². The highest BCUT2D eigenvalue weighted by Crippen LogP contribution is 2.24. The number of rotatable bonds is 5. The predicted molar refractivity (Wildman–Crippen MR) is 79.0 cm³/mol. The van der Waals surface area contributed by atoms with Gasteiger partial charge in [0.2, 0.25) is 0 Å². The maximum atomic E-state index is 13.6. The molecule has 108 valence electrons.